The minimum Gasteiger partial charge on any atom is -0.444 e. The highest BCUT2D eigenvalue weighted by Gasteiger charge is 2.36. The average molecular weight is 418 g/mol. The molecule has 1 aliphatic heterocycles. The molecule has 5 heteroatoms. The van der Waals surface area contributed by atoms with Gasteiger partial charge in [0.05, 0.1) is 0 Å². The molecule has 170 valence electrons. The standard InChI is InChI=1S/C25H43N3O2/c1-13-21(24(7,8)9)22(19(5)26-14-2)20(6)27-15-18(4)28(16-17(27)3)23(29)30-25(10,11)12/h13-14,17-18H,2,15-16H2,1,3-12H3/b21-13+,22-20-,26-19?/t17-,18?/m0/s1. The van der Waals surface area contributed by atoms with E-state index in [0.29, 0.717) is 6.54 Å². The Morgan fingerprint density at radius 2 is 1.53 bits per heavy atom. The molecule has 1 rings (SSSR count). The predicted octanol–water partition coefficient (Wildman–Crippen LogP) is 6.19. The van der Waals surface area contributed by atoms with E-state index in [1.165, 1.54) is 11.3 Å². The summed E-state index contributed by atoms with van der Waals surface area (Å²) in [6, 6.07) is 0.214. The van der Waals surface area contributed by atoms with Crippen molar-refractivity contribution in [3.8, 4) is 0 Å². The largest absolute Gasteiger partial charge is 0.444 e. The third-order valence-electron chi connectivity index (χ3n) is 5.42. The molecular formula is C25H43N3O2. The first-order chi connectivity index (χ1) is 13.6. The molecule has 1 heterocycles. The van der Waals surface area contributed by atoms with E-state index < -0.39 is 5.60 Å². The van der Waals surface area contributed by atoms with Gasteiger partial charge >= 0.3 is 6.09 Å². The molecule has 0 saturated carbocycles. The molecule has 1 saturated heterocycles. The van der Waals surface area contributed by atoms with Gasteiger partial charge in [-0.05, 0) is 66.4 Å². The second-order valence-electron chi connectivity index (χ2n) is 10.3. The van der Waals surface area contributed by atoms with Crippen molar-refractivity contribution >= 4 is 11.8 Å². The average Bonchev–Trinajstić information content (AvgIpc) is 2.58. The molecule has 0 N–H and O–H groups in total. The molecule has 0 radical (unpaired) electrons. The van der Waals surface area contributed by atoms with Crippen molar-refractivity contribution in [1.82, 2.24) is 9.80 Å². The lowest BCUT2D eigenvalue weighted by molar-refractivity contribution is -0.00420. The van der Waals surface area contributed by atoms with Crippen LogP contribution in [0.1, 0.15) is 76.2 Å². The van der Waals surface area contributed by atoms with Crippen molar-refractivity contribution < 1.29 is 9.53 Å². The van der Waals surface area contributed by atoms with Crippen LogP contribution in [0.2, 0.25) is 0 Å². The smallest absolute Gasteiger partial charge is 0.410 e. The molecule has 1 amide bonds. The Balaban J connectivity index is 3.36. The van der Waals surface area contributed by atoms with Gasteiger partial charge in [0, 0.05) is 48.4 Å². The summed E-state index contributed by atoms with van der Waals surface area (Å²) in [4.78, 5) is 21.5. The number of amides is 1. The molecular weight excluding hydrogens is 374 g/mol. The summed E-state index contributed by atoms with van der Waals surface area (Å²) in [6.45, 7) is 28.1. The van der Waals surface area contributed by atoms with Gasteiger partial charge in [-0.15, -0.1) is 0 Å². The molecule has 0 aliphatic carbocycles. The lowest BCUT2D eigenvalue weighted by Crippen LogP contribution is -2.58. The van der Waals surface area contributed by atoms with E-state index in [-0.39, 0.29) is 23.6 Å². The zero-order valence-electron chi connectivity index (χ0n) is 21.1. The second kappa shape index (κ2) is 9.84. The summed E-state index contributed by atoms with van der Waals surface area (Å²) in [5.41, 5.74) is 4.05. The summed E-state index contributed by atoms with van der Waals surface area (Å²) < 4.78 is 5.63. The summed E-state index contributed by atoms with van der Waals surface area (Å²) in [6.07, 6.45) is 3.55. The Hall–Kier alpha value is -2.04. The fourth-order valence-corrected chi connectivity index (χ4v) is 4.12. The minimum absolute atomic E-state index is 0.0174. The Kier molecular flexibility index (Phi) is 8.53. The Morgan fingerprint density at radius 1 is 1.03 bits per heavy atom. The van der Waals surface area contributed by atoms with Gasteiger partial charge in [-0.1, -0.05) is 33.4 Å². The van der Waals surface area contributed by atoms with E-state index in [9.17, 15) is 4.79 Å². The number of hydrogen-bond donors (Lipinski definition) is 0. The molecule has 0 aromatic carbocycles. The van der Waals surface area contributed by atoms with Crippen LogP contribution >= 0.6 is 0 Å². The SMILES string of the molecule is C=CN=C(C)C(/C(=C\C)C(C)(C)C)=C(\C)N1CC(C)N(C(=O)OC(C)(C)C)C[C@@H]1C. The Bertz CT molecular complexity index is 732. The van der Waals surface area contributed by atoms with Crippen LogP contribution in [0.25, 0.3) is 0 Å². The molecule has 1 fully saturated rings. The molecule has 0 bridgehead atoms. The Labute approximate surface area is 184 Å². The molecule has 2 atom stereocenters. The van der Waals surface area contributed by atoms with Crippen molar-refractivity contribution in [1.29, 1.82) is 0 Å². The van der Waals surface area contributed by atoms with Gasteiger partial charge in [-0.3, -0.25) is 4.99 Å². The van der Waals surface area contributed by atoms with E-state index in [0.717, 1.165) is 17.8 Å². The number of rotatable bonds is 4. The van der Waals surface area contributed by atoms with Crippen LogP contribution in [0.5, 0.6) is 0 Å². The molecule has 1 unspecified atom stereocenters. The molecule has 0 aromatic heterocycles. The number of piperazine rings is 1. The number of carbonyl (C=O) groups excluding carboxylic acids is 1. The molecule has 0 aromatic rings. The maximum atomic E-state index is 12.7. The number of hydrogen-bond acceptors (Lipinski definition) is 4. The highest BCUT2D eigenvalue weighted by molar-refractivity contribution is 6.03. The summed E-state index contributed by atoms with van der Waals surface area (Å²) >= 11 is 0. The van der Waals surface area contributed by atoms with Crippen molar-refractivity contribution in [2.75, 3.05) is 13.1 Å². The van der Waals surface area contributed by atoms with Crippen LogP contribution in [0.4, 0.5) is 4.79 Å². The van der Waals surface area contributed by atoms with Gasteiger partial charge in [0.15, 0.2) is 0 Å². The maximum Gasteiger partial charge on any atom is 0.410 e. The molecule has 30 heavy (non-hydrogen) atoms. The van der Waals surface area contributed by atoms with Crippen LogP contribution < -0.4 is 0 Å². The third-order valence-corrected chi connectivity index (χ3v) is 5.42. The second-order valence-corrected chi connectivity index (χ2v) is 10.3. The first-order valence-electron chi connectivity index (χ1n) is 10.9. The van der Waals surface area contributed by atoms with Gasteiger partial charge in [0.1, 0.15) is 5.60 Å². The molecule has 0 spiro atoms. The number of aliphatic imine (C=N–C) groups is 1. The van der Waals surface area contributed by atoms with Crippen LogP contribution in [-0.2, 0) is 4.74 Å². The first kappa shape index (κ1) is 26.0. The van der Waals surface area contributed by atoms with E-state index in [2.05, 4.69) is 71.0 Å². The predicted molar refractivity (Wildman–Crippen MR) is 128 cm³/mol. The van der Waals surface area contributed by atoms with Crippen LogP contribution in [-0.4, -0.2) is 52.4 Å². The fourth-order valence-electron chi connectivity index (χ4n) is 4.12. The van der Waals surface area contributed by atoms with Crippen LogP contribution in [0.15, 0.2) is 40.7 Å². The zero-order chi connectivity index (χ0) is 23.4. The number of ether oxygens (including phenoxy) is 1. The first-order valence-corrected chi connectivity index (χ1v) is 10.9. The third kappa shape index (κ3) is 6.48. The normalized spacial score (nSPS) is 22.6. The summed E-state index contributed by atoms with van der Waals surface area (Å²) in [5.74, 6) is 0. The molecule has 1 aliphatic rings. The minimum atomic E-state index is -0.494. The van der Waals surface area contributed by atoms with Gasteiger partial charge in [0.2, 0.25) is 0 Å². The quantitative estimate of drug-likeness (QED) is 0.405. The van der Waals surface area contributed by atoms with E-state index in [4.69, 9.17) is 4.74 Å². The maximum absolute atomic E-state index is 12.7. The van der Waals surface area contributed by atoms with Crippen molar-refractivity contribution in [3.05, 3.63) is 35.7 Å². The lowest BCUT2D eigenvalue weighted by atomic mass is 9.79. The van der Waals surface area contributed by atoms with Gasteiger partial charge in [-0.25, -0.2) is 4.79 Å². The van der Waals surface area contributed by atoms with E-state index in [1.54, 1.807) is 6.20 Å². The monoisotopic (exact) mass is 417 g/mol. The topological polar surface area (TPSA) is 45.1 Å². The number of nitrogens with zero attached hydrogens (tertiary/aromatic N) is 3. The summed E-state index contributed by atoms with van der Waals surface area (Å²) in [5, 5.41) is 0. The zero-order valence-corrected chi connectivity index (χ0v) is 21.1. The number of allylic oxidation sites excluding steroid dienone is 4. The summed E-state index contributed by atoms with van der Waals surface area (Å²) in [7, 11) is 0. The molecule has 5 nitrogen and oxygen atoms in total. The van der Waals surface area contributed by atoms with Gasteiger partial charge < -0.3 is 14.5 Å². The van der Waals surface area contributed by atoms with Gasteiger partial charge in [0.25, 0.3) is 0 Å². The van der Waals surface area contributed by atoms with Crippen molar-refractivity contribution in [2.24, 2.45) is 10.4 Å². The fraction of sp³-hybridized carbons (Fsp3) is 0.680. The van der Waals surface area contributed by atoms with Crippen molar-refractivity contribution in [2.45, 2.75) is 93.8 Å². The number of carbonyl (C=O) groups is 1. The van der Waals surface area contributed by atoms with E-state index in [1.807, 2.05) is 32.6 Å². The van der Waals surface area contributed by atoms with Crippen molar-refractivity contribution in [3.63, 3.8) is 0 Å². The lowest BCUT2D eigenvalue weighted by Gasteiger charge is -2.46. The Morgan fingerprint density at radius 3 is 1.97 bits per heavy atom. The van der Waals surface area contributed by atoms with Gasteiger partial charge in [-0.2, -0.15) is 0 Å². The van der Waals surface area contributed by atoms with Crippen LogP contribution in [0, 0.1) is 5.41 Å². The highest BCUT2D eigenvalue weighted by Crippen LogP contribution is 2.35. The highest BCUT2D eigenvalue weighted by atomic mass is 16.6. The van der Waals surface area contributed by atoms with Crippen LogP contribution in [0.3, 0.4) is 0 Å². The van der Waals surface area contributed by atoms with E-state index >= 15 is 0 Å².